The van der Waals surface area contributed by atoms with E-state index in [0.29, 0.717) is 12.0 Å². The lowest BCUT2D eigenvalue weighted by molar-refractivity contribution is -0.0162. The predicted octanol–water partition coefficient (Wildman–Crippen LogP) is 3.15. The maximum Gasteiger partial charge on any atom is 0.410 e. The van der Waals surface area contributed by atoms with Crippen molar-refractivity contribution in [3.05, 3.63) is 0 Å². The van der Waals surface area contributed by atoms with Gasteiger partial charge in [0.15, 0.2) is 0 Å². The molecular formula is C21H38N2O4. The monoisotopic (exact) mass is 382 g/mol. The molecule has 3 fully saturated rings. The van der Waals surface area contributed by atoms with Crippen LogP contribution in [0.1, 0.15) is 53.4 Å². The first-order chi connectivity index (χ1) is 12.7. The summed E-state index contributed by atoms with van der Waals surface area (Å²) >= 11 is 0. The van der Waals surface area contributed by atoms with Gasteiger partial charge in [0, 0.05) is 45.2 Å². The molecule has 0 bridgehead atoms. The smallest absolute Gasteiger partial charge is 0.410 e. The summed E-state index contributed by atoms with van der Waals surface area (Å²) in [7, 11) is 0. The molecule has 0 unspecified atom stereocenters. The Labute approximate surface area is 164 Å². The third kappa shape index (κ3) is 6.33. The third-order valence-corrected chi connectivity index (χ3v) is 5.94. The SMILES string of the molecule is CC(C)(C)OC(=O)N1CC[C@@](C)(CN2CCC(OC[C@H]3CCOC3)CC2)C1. The minimum absolute atomic E-state index is 0.159. The molecule has 0 spiro atoms. The van der Waals surface area contributed by atoms with Gasteiger partial charge >= 0.3 is 6.09 Å². The largest absolute Gasteiger partial charge is 0.444 e. The summed E-state index contributed by atoms with van der Waals surface area (Å²) in [4.78, 5) is 16.8. The van der Waals surface area contributed by atoms with Gasteiger partial charge in [0.05, 0.1) is 19.3 Å². The van der Waals surface area contributed by atoms with Gasteiger partial charge in [-0.15, -0.1) is 0 Å². The van der Waals surface area contributed by atoms with Crippen LogP contribution in [0.3, 0.4) is 0 Å². The van der Waals surface area contributed by atoms with Crippen molar-refractivity contribution >= 4 is 6.09 Å². The topological polar surface area (TPSA) is 51.2 Å². The Balaban J connectivity index is 1.37. The van der Waals surface area contributed by atoms with Crippen molar-refractivity contribution in [2.24, 2.45) is 11.3 Å². The third-order valence-electron chi connectivity index (χ3n) is 5.94. The minimum Gasteiger partial charge on any atom is -0.444 e. The molecule has 6 heteroatoms. The van der Waals surface area contributed by atoms with Crippen molar-refractivity contribution in [2.45, 2.75) is 65.1 Å². The van der Waals surface area contributed by atoms with Gasteiger partial charge in [-0.25, -0.2) is 4.79 Å². The van der Waals surface area contributed by atoms with Crippen LogP contribution in [0.25, 0.3) is 0 Å². The molecule has 3 saturated heterocycles. The number of rotatable bonds is 5. The quantitative estimate of drug-likeness (QED) is 0.731. The van der Waals surface area contributed by atoms with E-state index >= 15 is 0 Å². The summed E-state index contributed by atoms with van der Waals surface area (Å²) in [6.07, 6.45) is 4.64. The highest BCUT2D eigenvalue weighted by Gasteiger charge is 2.39. The second-order valence-electron chi connectivity index (χ2n) is 10.0. The van der Waals surface area contributed by atoms with Gasteiger partial charge < -0.3 is 24.0 Å². The molecule has 2 atom stereocenters. The highest BCUT2D eigenvalue weighted by molar-refractivity contribution is 5.68. The molecule has 0 aromatic heterocycles. The van der Waals surface area contributed by atoms with Crippen LogP contribution in [-0.4, -0.2) is 80.1 Å². The number of likely N-dealkylation sites (tertiary alicyclic amines) is 2. The minimum atomic E-state index is -0.428. The number of amides is 1. The first kappa shape index (κ1) is 20.9. The molecule has 0 saturated carbocycles. The number of nitrogens with zero attached hydrogens (tertiary/aromatic N) is 2. The molecule has 156 valence electrons. The van der Waals surface area contributed by atoms with Crippen molar-refractivity contribution in [3.8, 4) is 0 Å². The molecule has 3 aliphatic rings. The van der Waals surface area contributed by atoms with Crippen molar-refractivity contribution in [1.29, 1.82) is 0 Å². The molecule has 0 aliphatic carbocycles. The lowest BCUT2D eigenvalue weighted by Gasteiger charge is -2.37. The Kier molecular flexibility index (Phi) is 6.70. The van der Waals surface area contributed by atoms with Gasteiger partial charge in [-0.3, -0.25) is 0 Å². The summed E-state index contributed by atoms with van der Waals surface area (Å²) in [6.45, 7) is 15.5. The zero-order valence-corrected chi connectivity index (χ0v) is 17.7. The Morgan fingerprint density at radius 2 is 1.93 bits per heavy atom. The summed E-state index contributed by atoms with van der Waals surface area (Å²) in [5.74, 6) is 0.597. The second kappa shape index (κ2) is 8.66. The first-order valence-corrected chi connectivity index (χ1v) is 10.6. The zero-order valence-electron chi connectivity index (χ0n) is 17.7. The second-order valence-corrected chi connectivity index (χ2v) is 10.0. The summed E-state index contributed by atoms with van der Waals surface area (Å²) in [5.41, 5.74) is -0.269. The van der Waals surface area contributed by atoms with Crippen LogP contribution in [0, 0.1) is 11.3 Å². The number of ether oxygens (including phenoxy) is 3. The van der Waals surface area contributed by atoms with E-state index < -0.39 is 5.60 Å². The zero-order chi connectivity index (χ0) is 19.5. The molecule has 3 aliphatic heterocycles. The fourth-order valence-electron chi connectivity index (χ4n) is 4.40. The van der Waals surface area contributed by atoms with E-state index in [0.717, 1.165) is 78.2 Å². The molecule has 0 N–H and O–H groups in total. The lowest BCUT2D eigenvalue weighted by atomic mass is 9.88. The van der Waals surface area contributed by atoms with Crippen molar-refractivity contribution < 1.29 is 19.0 Å². The van der Waals surface area contributed by atoms with Gasteiger partial charge in [0.2, 0.25) is 0 Å². The van der Waals surface area contributed by atoms with Crippen LogP contribution >= 0.6 is 0 Å². The fraction of sp³-hybridized carbons (Fsp3) is 0.952. The van der Waals surface area contributed by atoms with E-state index in [1.165, 1.54) is 0 Å². The summed E-state index contributed by atoms with van der Waals surface area (Å²) < 4.78 is 17.1. The van der Waals surface area contributed by atoms with E-state index in [4.69, 9.17) is 14.2 Å². The molecule has 0 aromatic carbocycles. The van der Waals surface area contributed by atoms with Crippen LogP contribution in [0.4, 0.5) is 4.79 Å². The highest BCUT2D eigenvalue weighted by Crippen LogP contribution is 2.33. The number of hydrogen-bond acceptors (Lipinski definition) is 5. The predicted molar refractivity (Wildman–Crippen MR) is 105 cm³/mol. The van der Waals surface area contributed by atoms with E-state index in [9.17, 15) is 4.79 Å². The average Bonchev–Trinajstić information content (AvgIpc) is 3.23. The number of piperidine rings is 1. The van der Waals surface area contributed by atoms with Crippen molar-refractivity contribution in [2.75, 3.05) is 52.5 Å². The Bertz CT molecular complexity index is 493. The van der Waals surface area contributed by atoms with E-state index in [-0.39, 0.29) is 11.5 Å². The standard InChI is InChI=1S/C21H38N2O4/c1-20(2,3)27-19(24)23-11-8-21(4,16-23)15-22-9-5-18(6-10-22)26-14-17-7-12-25-13-17/h17-18H,5-16H2,1-4H3/t17-,21-/m0/s1. The van der Waals surface area contributed by atoms with Crippen LogP contribution in [0.15, 0.2) is 0 Å². The van der Waals surface area contributed by atoms with Gasteiger partial charge in [-0.1, -0.05) is 6.92 Å². The van der Waals surface area contributed by atoms with Crippen LogP contribution in [-0.2, 0) is 14.2 Å². The molecule has 27 heavy (non-hydrogen) atoms. The van der Waals surface area contributed by atoms with Crippen LogP contribution in [0.2, 0.25) is 0 Å². The maximum atomic E-state index is 12.3. The highest BCUT2D eigenvalue weighted by atomic mass is 16.6. The van der Waals surface area contributed by atoms with E-state index in [2.05, 4.69) is 11.8 Å². The fourth-order valence-corrected chi connectivity index (χ4v) is 4.40. The van der Waals surface area contributed by atoms with Gasteiger partial charge in [-0.2, -0.15) is 0 Å². The molecule has 3 rings (SSSR count). The Morgan fingerprint density at radius 1 is 1.19 bits per heavy atom. The normalized spacial score (nSPS) is 30.8. The van der Waals surface area contributed by atoms with Gasteiger partial charge in [-0.05, 0) is 51.9 Å². The molecule has 0 aromatic rings. The van der Waals surface area contributed by atoms with Crippen LogP contribution < -0.4 is 0 Å². The Hall–Kier alpha value is -0.850. The lowest BCUT2D eigenvalue weighted by Crippen LogP contribution is -2.44. The van der Waals surface area contributed by atoms with E-state index in [1.54, 1.807) is 0 Å². The summed E-state index contributed by atoms with van der Waals surface area (Å²) in [6, 6.07) is 0. The molecule has 0 radical (unpaired) electrons. The first-order valence-electron chi connectivity index (χ1n) is 10.6. The average molecular weight is 383 g/mol. The number of hydrogen-bond donors (Lipinski definition) is 0. The van der Waals surface area contributed by atoms with Crippen LogP contribution in [0.5, 0.6) is 0 Å². The maximum absolute atomic E-state index is 12.3. The Morgan fingerprint density at radius 3 is 2.56 bits per heavy atom. The number of carbonyl (C=O) groups is 1. The molecule has 3 heterocycles. The van der Waals surface area contributed by atoms with Gasteiger partial charge in [0.1, 0.15) is 5.60 Å². The van der Waals surface area contributed by atoms with E-state index in [1.807, 2.05) is 25.7 Å². The molecule has 6 nitrogen and oxygen atoms in total. The molecular weight excluding hydrogens is 344 g/mol. The van der Waals surface area contributed by atoms with Gasteiger partial charge in [0.25, 0.3) is 0 Å². The number of carbonyl (C=O) groups excluding carboxylic acids is 1. The summed E-state index contributed by atoms with van der Waals surface area (Å²) in [5, 5.41) is 0. The van der Waals surface area contributed by atoms with Crippen molar-refractivity contribution in [1.82, 2.24) is 9.80 Å². The van der Waals surface area contributed by atoms with Crippen molar-refractivity contribution in [3.63, 3.8) is 0 Å². The molecule has 1 amide bonds.